The van der Waals surface area contributed by atoms with Gasteiger partial charge in [0.1, 0.15) is 11.4 Å². The summed E-state index contributed by atoms with van der Waals surface area (Å²) in [5, 5.41) is 8.32. The predicted octanol–water partition coefficient (Wildman–Crippen LogP) is 0.961. The molecule has 0 bridgehead atoms. The van der Waals surface area contributed by atoms with Crippen molar-refractivity contribution in [3.05, 3.63) is 27.5 Å². The monoisotopic (exact) mass is 199 g/mol. The summed E-state index contributed by atoms with van der Waals surface area (Å²) in [5.41, 5.74) is 3.54. The summed E-state index contributed by atoms with van der Waals surface area (Å²) in [4.78, 5) is 13.6. The summed E-state index contributed by atoms with van der Waals surface area (Å²) in [6.07, 6.45) is -1.97. The number of nitrogens with zero attached hydrogens (tertiary/aromatic N) is 1. The van der Waals surface area contributed by atoms with E-state index in [0.717, 1.165) is 0 Å². The number of alkyl halides is 2. The fourth-order valence-corrected chi connectivity index (χ4v) is 1.04. The highest BCUT2D eigenvalue weighted by Crippen LogP contribution is 2.19. The predicted molar refractivity (Wildman–Crippen MR) is 45.7 cm³/mol. The van der Waals surface area contributed by atoms with Gasteiger partial charge in [0.25, 0.3) is 6.43 Å². The lowest BCUT2D eigenvalue weighted by Gasteiger charge is -2.04. The van der Waals surface area contributed by atoms with Gasteiger partial charge < -0.3 is 10.7 Å². The molecule has 0 radical (unpaired) electrons. The molecule has 0 aromatic carbocycles. The first kappa shape index (κ1) is 10.2. The van der Waals surface area contributed by atoms with Crippen LogP contribution in [0.2, 0.25) is 0 Å². The van der Waals surface area contributed by atoms with E-state index < -0.39 is 17.4 Å². The van der Waals surface area contributed by atoms with Crippen molar-refractivity contribution in [2.45, 2.75) is 12.8 Å². The molecule has 0 aliphatic heterocycles. The number of nitrogens with one attached hydrogen (secondary N) is 1. The smallest absolute Gasteiger partial charge is 0.271 e. The summed E-state index contributed by atoms with van der Waals surface area (Å²) in [7, 11) is 0. The van der Waals surface area contributed by atoms with Gasteiger partial charge in [0, 0.05) is 11.8 Å². The Balaban J connectivity index is 3.36. The Bertz CT molecular complexity index is 433. The van der Waals surface area contributed by atoms with E-state index in [2.05, 4.69) is 4.98 Å². The van der Waals surface area contributed by atoms with Crippen molar-refractivity contribution in [2.75, 3.05) is 5.73 Å². The van der Waals surface area contributed by atoms with E-state index in [1.165, 1.54) is 6.20 Å². The maximum absolute atomic E-state index is 12.3. The van der Waals surface area contributed by atoms with E-state index in [4.69, 9.17) is 11.0 Å². The molecule has 0 saturated heterocycles. The molecule has 0 amide bonds. The summed E-state index contributed by atoms with van der Waals surface area (Å²) in [6.45, 7) is 0. The van der Waals surface area contributed by atoms with Crippen molar-refractivity contribution >= 4 is 5.82 Å². The van der Waals surface area contributed by atoms with Gasteiger partial charge in [0.2, 0.25) is 0 Å². The third-order valence-electron chi connectivity index (χ3n) is 1.72. The summed E-state index contributed by atoms with van der Waals surface area (Å²) in [6, 6.07) is 1.70. The largest absolute Gasteiger partial charge is 0.385 e. The number of nitrogens with two attached hydrogens (primary N) is 1. The van der Waals surface area contributed by atoms with Gasteiger partial charge in [-0.1, -0.05) is 0 Å². The lowest BCUT2D eigenvalue weighted by Crippen LogP contribution is -2.18. The summed E-state index contributed by atoms with van der Waals surface area (Å²) in [5.74, 6) is -0.355. The fraction of sp³-hybridized carbons (Fsp3) is 0.250. The number of pyridine rings is 1. The fourth-order valence-electron chi connectivity index (χ4n) is 1.04. The van der Waals surface area contributed by atoms with Crippen LogP contribution in [0.25, 0.3) is 0 Å². The second kappa shape index (κ2) is 3.87. The standard InChI is InChI=1S/C8H7F2N3O/c9-7(10)5-6(14)4(1-2-11)3-13-8(5)12/h3,7H,1H2,(H3,12,13,14). The van der Waals surface area contributed by atoms with Crippen LogP contribution in [0.3, 0.4) is 0 Å². The van der Waals surface area contributed by atoms with Crippen molar-refractivity contribution in [1.29, 1.82) is 5.26 Å². The molecule has 0 spiro atoms. The Morgan fingerprint density at radius 2 is 2.29 bits per heavy atom. The van der Waals surface area contributed by atoms with Crippen LogP contribution < -0.4 is 11.2 Å². The molecular weight excluding hydrogens is 192 g/mol. The minimum atomic E-state index is -2.93. The van der Waals surface area contributed by atoms with Crippen LogP contribution in [0.4, 0.5) is 14.6 Å². The van der Waals surface area contributed by atoms with E-state index in [1.54, 1.807) is 6.07 Å². The van der Waals surface area contributed by atoms with Crippen molar-refractivity contribution < 1.29 is 8.78 Å². The first-order chi connectivity index (χ1) is 6.57. The Labute approximate surface area is 78.0 Å². The highest BCUT2D eigenvalue weighted by Gasteiger charge is 2.18. The first-order valence-corrected chi connectivity index (χ1v) is 3.73. The van der Waals surface area contributed by atoms with E-state index in [9.17, 15) is 13.6 Å². The molecule has 4 nitrogen and oxygen atoms in total. The van der Waals surface area contributed by atoms with Crippen LogP contribution >= 0.6 is 0 Å². The zero-order valence-corrected chi connectivity index (χ0v) is 7.05. The first-order valence-electron chi connectivity index (χ1n) is 3.73. The Morgan fingerprint density at radius 1 is 1.64 bits per heavy atom. The van der Waals surface area contributed by atoms with Crippen molar-refractivity contribution in [3.63, 3.8) is 0 Å². The second-order valence-corrected chi connectivity index (χ2v) is 2.61. The molecule has 0 saturated carbocycles. The van der Waals surface area contributed by atoms with Gasteiger partial charge in [-0.3, -0.25) is 4.79 Å². The number of rotatable bonds is 2. The van der Waals surface area contributed by atoms with Gasteiger partial charge in [-0.2, -0.15) is 5.26 Å². The number of aromatic nitrogens is 1. The molecule has 1 rings (SSSR count). The maximum atomic E-state index is 12.3. The molecule has 3 N–H and O–H groups in total. The Kier molecular flexibility index (Phi) is 2.82. The van der Waals surface area contributed by atoms with Crippen LogP contribution in [-0.4, -0.2) is 4.98 Å². The number of nitriles is 1. The van der Waals surface area contributed by atoms with E-state index in [0.29, 0.717) is 0 Å². The molecule has 1 aromatic heterocycles. The molecule has 74 valence electrons. The topological polar surface area (TPSA) is 82.7 Å². The highest BCUT2D eigenvalue weighted by molar-refractivity contribution is 5.42. The molecule has 1 heterocycles. The van der Waals surface area contributed by atoms with Gasteiger partial charge >= 0.3 is 0 Å². The molecule has 0 aliphatic rings. The quantitative estimate of drug-likeness (QED) is 0.744. The molecule has 6 heteroatoms. The van der Waals surface area contributed by atoms with Gasteiger partial charge in [0.15, 0.2) is 5.43 Å². The Hall–Kier alpha value is -1.90. The van der Waals surface area contributed by atoms with E-state index in [-0.39, 0.29) is 17.8 Å². The maximum Gasteiger partial charge on any atom is 0.271 e. The molecule has 0 aliphatic carbocycles. The van der Waals surface area contributed by atoms with E-state index in [1.807, 2.05) is 0 Å². The number of nitrogen functional groups attached to an aromatic ring is 1. The highest BCUT2D eigenvalue weighted by atomic mass is 19.3. The number of anilines is 1. The van der Waals surface area contributed by atoms with Crippen molar-refractivity contribution in [3.8, 4) is 6.07 Å². The van der Waals surface area contributed by atoms with Crippen LogP contribution in [-0.2, 0) is 6.42 Å². The van der Waals surface area contributed by atoms with E-state index >= 15 is 0 Å². The number of H-pyrrole nitrogens is 1. The van der Waals surface area contributed by atoms with Crippen LogP contribution in [0.5, 0.6) is 0 Å². The van der Waals surface area contributed by atoms with Crippen LogP contribution in [0, 0.1) is 11.3 Å². The van der Waals surface area contributed by atoms with Crippen LogP contribution in [0.1, 0.15) is 17.6 Å². The average Bonchev–Trinajstić information content (AvgIpc) is 2.10. The molecule has 0 fully saturated rings. The minimum absolute atomic E-state index is 0.00278. The number of hydrogen-bond acceptors (Lipinski definition) is 3. The zero-order valence-electron chi connectivity index (χ0n) is 7.05. The Morgan fingerprint density at radius 3 is 2.79 bits per heavy atom. The number of halogens is 2. The summed E-state index contributed by atoms with van der Waals surface area (Å²) >= 11 is 0. The number of hydrogen-bond donors (Lipinski definition) is 2. The average molecular weight is 199 g/mol. The van der Waals surface area contributed by atoms with Crippen molar-refractivity contribution in [1.82, 2.24) is 4.98 Å². The molecular formula is C8H7F2N3O. The summed E-state index contributed by atoms with van der Waals surface area (Å²) < 4.78 is 24.7. The van der Waals surface area contributed by atoms with Crippen molar-refractivity contribution in [2.24, 2.45) is 0 Å². The van der Waals surface area contributed by atoms with Gasteiger partial charge in [-0.15, -0.1) is 0 Å². The molecule has 0 atom stereocenters. The zero-order chi connectivity index (χ0) is 10.7. The third kappa shape index (κ3) is 1.71. The van der Waals surface area contributed by atoms with Crippen LogP contribution in [0.15, 0.2) is 11.0 Å². The lowest BCUT2D eigenvalue weighted by molar-refractivity contribution is 0.150. The van der Waals surface area contributed by atoms with Gasteiger partial charge in [-0.25, -0.2) is 8.78 Å². The normalized spacial score (nSPS) is 10.1. The minimum Gasteiger partial charge on any atom is -0.385 e. The SMILES string of the molecule is N#CCc1c[nH]c(N)c(C(F)F)c1=O. The lowest BCUT2D eigenvalue weighted by atomic mass is 10.1. The van der Waals surface area contributed by atoms with Gasteiger partial charge in [0.05, 0.1) is 12.5 Å². The molecule has 1 aromatic rings. The number of aromatic amines is 1. The third-order valence-corrected chi connectivity index (χ3v) is 1.72. The second-order valence-electron chi connectivity index (χ2n) is 2.61. The molecule has 0 unspecified atom stereocenters. The van der Waals surface area contributed by atoms with Gasteiger partial charge in [-0.05, 0) is 0 Å². The molecule has 14 heavy (non-hydrogen) atoms.